The molecule has 1 aliphatic heterocycles. The first kappa shape index (κ1) is 16.3. The molecule has 3 fully saturated rings. The summed E-state index contributed by atoms with van der Waals surface area (Å²) >= 11 is 0. The Kier molecular flexibility index (Phi) is 4.60. The first-order valence-corrected chi connectivity index (χ1v) is 8.75. The maximum Gasteiger partial charge on any atom is 0.323 e. The highest BCUT2D eigenvalue weighted by atomic mass is 16.4. The van der Waals surface area contributed by atoms with Crippen molar-refractivity contribution in [2.24, 2.45) is 17.8 Å². The number of carboxylic acid groups (broad SMARTS) is 1. The quantitative estimate of drug-likeness (QED) is 0.829. The van der Waals surface area contributed by atoms with Gasteiger partial charge in [-0.2, -0.15) is 0 Å². The number of aliphatic carboxylic acids is 1. The fourth-order valence-corrected chi connectivity index (χ4v) is 4.03. The van der Waals surface area contributed by atoms with E-state index in [2.05, 4.69) is 0 Å². The summed E-state index contributed by atoms with van der Waals surface area (Å²) in [6, 6.07) is -0.0696. The van der Waals surface area contributed by atoms with Gasteiger partial charge in [0.1, 0.15) is 6.54 Å². The van der Waals surface area contributed by atoms with Crippen molar-refractivity contribution >= 4 is 17.8 Å². The molecule has 128 valence electrons. The lowest BCUT2D eigenvalue weighted by atomic mass is 10.1. The molecule has 3 atom stereocenters. The second kappa shape index (κ2) is 6.49. The third-order valence-corrected chi connectivity index (χ3v) is 5.54. The van der Waals surface area contributed by atoms with Gasteiger partial charge >= 0.3 is 5.97 Å². The van der Waals surface area contributed by atoms with Crippen molar-refractivity contribution in [3.8, 4) is 0 Å². The summed E-state index contributed by atoms with van der Waals surface area (Å²) in [5.41, 5.74) is 0. The van der Waals surface area contributed by atoms with Gasteiger partial charge < -0.3 is 14.9 Å². The van der Waals surface area contributed by atoms with Crippen LogP contribution in [0.1, 0.15) is 45.4 Å². The molecule has 0 bridgehead atoms. The van der Waals surface area contributed by atoms with Crippen LogP contribution in [-0.2, 0) is 14.4 Å². The van der Waals surface area contributed by atoms with Crippen molar-refractivity contribution in [3.05, 3.63) is 0 Å². The minimum atomic E-state index is -0.984. The molecular formula is C17H26N2O4. The van der Waals surface area contributed by atoms with Crippen molar-refractivity contribution in [3.63, 3.8) is 0 Å². The number of carbonyl (C=O) groups excluding carboxylic acids is 2. The van der Waals surface area contributed by atoms with Crippen LogP contribution in [0.4, 0.5) is 0 Å². The van der Waals surface area contributed by atoms with Gasteiger partial charge in [0, 0.05) is 32.0 Å². The van der Waals surface area contributed by atoms with Gasteiger partial charge in [-0.1, -0.05) is 0 Å². The van der Waals surface area contributed by atoms with E-state index in [4.69, 9.17) is 5.11 Å². The smallest absolute Gasteiger partial charge is 0.323 e. The Labute approximate surface area is 136 Å². The third kappa shape index (κ3) is 3.85. The molecule has 0 spiro atoms. The molecule has 3 unspecified atom stereocenters. The second-order valence-corrected chi connectivity index (χ2v) is 7.29. The van der Waals surface area contributed by atoms with Crippen LogP contribution in [0.25, 0.3) is 0 Å². The molecule has 1 N–H and O–H groups in total. The number of rotatable bonds is 5. The zero-order valence-electron chi connectivity index (χ0n) is 13.7. The summed E-state index contributed by atoms with van der Waals surface area (Å²) in [5.74, 6) is 0.766. The van der Waals surface area contributed by atoms with Crippen LogP contribution in [0.3, 0.4) is 0 Å². The van der Waals surface area contributed by atoms with E-state index in [1.54, 1.807) is 0 Å². The molecule has 6 heteroatoms. The molecule has 0 aromatic rings. The molecule has 2 amide bonds. The van der Waals surface area contributed by atoms with Crippen LogP contribution in [-0.4, -0.2) is 58.4 Å². The van der Waals surface area contributed by atoms with E-state index in [1.165, 1.54) is 24.7 Å². The molecule has 1 heterocycles. The Morgan fingerprint density at radius 1 is 1.13 bits per heavy atom. The molecule has 0 radical (unpaired) electrons. The topological polar surface area (TPSA) is 77.9 Å². The number of hydrogen-bond acceptors (Lipinski definition) is 3. The monoisotopic (exact) mass is 322 g/mol. The van der Waals surface area contributed by atoms with Gasteiger partial charge in [0.05, 0.1) is 0 Å². The zero-order chi connectivity index (χ0) is 16.6. The van der Waals surface area contributed by atoms with Gasteiger partial charge in [0.25, 0.3) is 0 Å². The molecule has 0 aromatic carbocycles. The highest BCUT2D eigenvalue weighted by molar-refractivity contribution is 5.82. The SMILES string of the molecule is CC(=O)N(CC(=O)O)C1CCCN(C(=O)C2CC2C2CC2)CC1. The maximum atomic E-state index is 12.6. The number of carboxylic acids is 1. The van der Waals surface area contributed by atoms with E-state index in [0.717, 1.165) is 31.7 Å². The minimum absolute atomic E-state index is 0.0696. The van der Waals surface area contributed by atoms with Gasteiger partial charge in [0.2, 0.25) is 11.8 Å². The van der Waals surface area contributed by atoms with E-state index in [1.807, 2.05) is 4.90 Å². The second-order valence-electron chi connectivity index (χ2n) is 7.29. The number of carbonyl (C=O) groups is 3. The first-order chi connectivity index (χ1) is 11.0. The minimum Gasteiger partial charge on any atom is -0.480 e. The molecular weight excluding hydrogens is 296 g/mol. The van der Waals surface area contributed by atoms with Crippen molar-refractivity contribution in [1.29, 1.82) is 0 Å². The molecule has 0 aromatic heterocycles. The molecule has 1 saturated heterocycles. The number of hydrogen-bond donors (Lipinski definition) is 1. The van der Waals surface area contributed by atoms with Gasteiger partial charge in [0.15, 0.2) is 0 Å². The number of amides is 2. The van der Waals surface area contributed by atoms with Crippen LogP contribution in [0.2, 0.25) is 0 Å². The molecule has 3 aliphatic rings. The van der Waals surface area contributed by atoms with E-state index in [9.17, 15) is 14.4 Å². The predicted molar refractivity (Wildman–Crippen MR) is 83.6 cm³/mol. The van der Waals surface area contributed by atoms with E-state index in [0.29, 0.717) is 18.9 Å². The summed E-state index contributed by atoms with van der Waals surface area (Å²) in [5, 5.41) is 8.98. The predicted octanol–water partition coefficient (Wildman–Crippen LogP) is 1.35. The van der Waals surface area contributed by atoms with Gasteiger partial charge in [-0.25, -0.2) is 0 Å². The Balaban J connectivity index is 1.54. The lowest BCUT2D eigenvalue weighted by Gasteiger charge is -2.29. The summed E-state index contributed by atoms with van der Waals surface area (Å²) < 4.78 is 0. The lowest BCUT2D eigenvalue weighted by molar-refractivity contribution is -0.145. The Morgan fingerprint density at radius 3 is 2.48 bits per heavy atom. The van der Waals surface area contributed by atoms with E-state index < -0.39 is 5.97 Å². The van der Waals surface area contributed by atoms with Crippen molar-refractivity contribution < 1.29 is 19.5 Å². The van der Waals surface area contributed by atoms with Crippen LogP contribution >= 0.6 is 0 Å². The van der Waals surface area contributed by atoms with Crippen molar-refractivity contribution in [2.75, 3.05) is 19.6 Å². The van der Waals surface area contributed by atoms with Gasteiger partial charge in [-0.05, 0) is 50.4 Å². The van der Waals surface area contributed by atoms with Crippen molar-refractivity contribution in [1.82, 2.24) is 9.80 Å². The summed E-state index contributed by atoms with van der Waals surface area (Å²) in [6.45, 7) is 2.55. The lowest BCUT2D eigenvalue weighted by Crippen LogP contribution is -2.43. The van der Waals surface area contributed by atoms with Gasteiger partial charge in [-0.15, -0.1) is 0 Å². The zero-order valence-corrected chi connectivity index (χ0v) is 13.7. The molecule has 2 saturated carbocycles. The first-order valence-electron chi connectivity index (χ1n) is 8.75. The largest absolute Gasteiger partial charge is 0.480 e. The average molecular weight is 322 g/mol. The fourth-order valence-electron chi connectivity index (χ4n) is 4.03. The van der Waals surface area contributed by atoms with Crippen LogP contribution in [0, 0.1) is 17.8 Å². The fraction of sp³-hybridized carbons (Fsp3) is 0.824. The normalized spacial score (nSPS) is 30.5. The highest BCUT2D eigenvalue weighted by Gasteiger charge is 2.52. The van der Waals surface area contributed by atoms with E-state index >= 15 is 0 Å². The Hall–Kier alpha value is -1.59. The summed E-state index contributed by atoms with van der Waals surface area (Å²) in [7, 11) is 0. The number of nitrogens with zero attached hydrogens (tertiary/aromatic N) is 2. The molecule has 23 heavy (non-hydrogen) atoms. The van der Waals surface area contributed by atoms with Crippen LogP contribution in [0.15, 0.2) is 0 Å². The highest BCUT2D eigenvalue weighted by Crippen LogP contribution is 2.54. The summed E-state index contributed by atoms with van der Waals surface area (Å²) in [4.78, 5) is 38.7. The maximum absolute atomic E-state index is 12.6. The van der Waals surface area contributed by atoms with Crippen molar-refractivity contribution in [2.45, 2.75) is 51.5 Å². The Morgan fingerprint density at radius 2 is 1.87 bits per heavy atom. The number of likely N-dealkylation sites (tertiary alicyclic amines) is 1. The molecule has 3 rings (SSSR count). The van der Waals surface area contributed by atoms with Crippen LogP contribution in [0.5, 0.6) is 0 Å². The third-order valence-electron chi connectivity index (χ3n) is 5.54. The van der Waals surface area contributed by atoms with Gasteiger partial charge in [-0.3, -0.25) is 14.4 Å². The van der Waals surface area contributed by atoms with E-state index in [-0.39, 0.29) is 30.3 Å². The Bertz CT molecular complexity index is 503. The standard InChI is InChI=1S/C17H26N2O4/c1-11(20)19(10-16(21)22)13-3-2-7-18(8-6-13)17(23)15-9-14(15)12-4-5-12/h12-15H,2-10H2,1H3,(H,21,22). The molecule has 2 aliphatic carbocycles. The molecule has 6 nitrogen and oxygen atoms in total. The average Bonchev–Trinajstić information content (AvgIpc) is 3.37. The summed E-state index contributed by atoms with van der Waals surface area (Å²) in [6.07, 6.45) is 5.92. The van der Waals surface area contributed by atoms with Crippen LogP contribution < -0.4 is 0 Å².